The Kier molecular flexibility index (Phi) is 6.86. The van der Waals surface area contributed by atoms with E-state index in [1.54, 1.807) is 48.5 Å². The molecule has 0 amide bonds. The second-order valence-electron chi connectivity index (χ2n) is 7.54. The van der Waals surface area contributed by atoms with Crippen molar-refractivity contribution in [1.29, 1.82) is 0 Å². The summed E-state index contributed by atoms with van der Waals surface area (Å²) in [5.41, 5.74) is 3.02. The molecule has 0 spiro atoms. The lowest BCUT2D eigenvalue weighted by Crippen LogP contribution is -2.43. The third-order valence-corrected chi connectivity index (χ3v) is 6.93. The number of nitrogens with zero attached hydrogens (tertiary/aromatic N) is 1. The summed E-state index contributed by atoms with van der Waals surface area (Å²) in [5.74, 6) is 0.108. The molecule has 0 aromatic heterocycles. The first-order valence-electron chi connectivity index (χ1n) is 10.3. The minimum Gasteiger partial charge on any atom is -0.588 e. The molecule has 0 aliphatic carbocycles. The Labute approximate surface area is 193 Å². The van der Waals surface area contributed by atoms with Crippen LogP contribution in [0.2, 0.25) is 5.02 Å². The maximum atomic E-state index is 12.8. The van der Waals surface area contributed by atoms with Crippen molar-refractivity contribution in [3.8, 4) is 5.75 Å². The molecule has 4 N–H and O–H groups in total. The van der Waals surface area contributed by atoms with Gasteiger partial charge in [0.1, 0.15) is 5.75 Å². The molecule has 1 heterocycles. The summed E-state index contributed by atoms with van der Waals surface area (Å²) in [6.45, 7) is 4.14. The summed E-state index contributed by atoms with van der Waals surface area (Å²) in [6.07, 6.45) is 0. The van der Waals surface area contributed by atoms with Crippen LogP contribution in [0.1, 0.15) is 5.56 Å². The highest BCUT2D eigenvalue weighted by Gasteiger charge is 2.20. The lowest BCUT2D eigenvalue weighted by molar-refractivity contribution is 0.469. The maximum absolute atomic E-state index is 12.8. The zero-order valence-electron chi connectivity index (χ0n) is 17.4. The molecule has 32 heavy (non-hydrogen) atoms. The third kappa shape index (κ3) is 5.52. The largest absolute Gasteiger partial charge is 0.588 e. The highest BCUT2D eigenvalue weighted by molar-refractivity contribution is 7.98. The average molecular weight is 473 g/mol. The Morgan fingerprint density at radius 1 is 1.00 bits per heavy atom. The number of sulfonamides is 1. The van der Waals surface area contributed by atoms with E-state index in [1.807, 2.05) is 12.1 Å². The summed E-state index contributed by atoms with van der Waals surface area (Å²) < 4.78 is 28.1. The van der Waals surface area contributed by atoms with Crippen molar-refractivity contribution in [3.63, 3.8) is 0 Å². The van der Waals surface area contributed by atoms with Crippen LogP contribution in [-0.4, -0.2) is 35.8 Å². The Bertz CT molecular complexity index is 1100. The zero-order chi connectivity index (χ0) is 22.6. The van der Waals surface area contributed by atoms with E-state index in [4.69, 9.17) is 11.6 Å². The molecule has 4 rings (SSSR count). The second-order valence-corrected chi connectivity index (χ2v) is 9.66. The van der Waals surface area contributed by atoms with Crippen LogP contribution in [0.3, 0.4) is 0 Å². The number of anilines is 3. The second kappa shape index (κ2) is 9.79. The monoisotopic (exact) mass is 472 g/mol. The van der Waals surface area contributed by atoms with Gasteiger partial charge in [-0.2, -0.15) is 0 Å². The normalized spacial score (nSPS) is 15.8. The van der Waals surface area contributed by atoms with E-state index in [0.29, 0.717) is 22.8 Å². The number of nitrogens with one attached hydrogen (secondary N) is 3. The number of halogens is 1. The molecule has 9 heteroatoms. The SMILES string of the molecule is O=[S+]([O-])(Nc1ccc(N2CCNCC2)cc1)c1ccc(NCc2ccc(Cl)cc2O)cc1. The molecule has 1 atom stereocenters. The number of phenols is 1. The van der Waals surface area contributed by atoms with E-state index in [9.17, 15) is 13.9 Å². The Balaban J connectivity index is 1.37. The Morgan fingerprint density at radius 3 is 2.31 bits per heavy atom. The van der Waals surface area contributed by atoms with E-state index in [-0.39, 0.29) is 10.6 Å². The summed E-state index contributed by atoms with van der Waals surface area (Å²) in [4.78, 5) is 2.44. The number of hydrogen-bond acceptors (Lipinski definition) is 6. The number of piperazine rings is 1. The number of hydrogen-bond donors (Lipinski definition) is 4. The van der Waals surface area contributed by atoms with Gasteiger partial charge in [-0.15, -0.1) is 0 Å². The van der Waals surface area contributed by atoms with Crippen LogP contribution < -0.4 is 20.3 Å². The van der Waals surface area contributed by atoms with Crippen molar-refractivity contribution in [2.75, 3.05) is 41.1 Å². The van der Waals surface area contributed by atoms with Crippen LogP contribution in [0.25, 0.3) is 0 Å². The molecule has 0 bridgehead atoms. The predicted molar refractivity (Wildman–Crippen MR) is 129 cm³/mol. The maximum Gasteiger partial charge on any atom is 0.180 e. The highest BCUT2D eigenvalue weighted by atomic mass is 35.5. The van der Waals surface area contributed by atoms with E-state index in [1.165, 1.54) is 6.07 Å². The van der Waals surface area contributed by atoms with Crippen LogP contribution in [0.4, 0.5) is 17.1 Å². The predicted octanol–water partition coefficient (Wildman–Crippen LogP) is 4.08. The zero-order valence-corrected chi connectivity index (χ0v) is 19.0. The topological polar surface area (TPSA) is 99.7 Å². The molecule has 3 aromatic rings. The molecule has 0 radical (unpaired) electrons. The molecule has 168 valence electrons. The fourth-order valence-electron chi connectivity index (χ4n) is 3.51. The van der Waals surface area contributed by atoms with Gasteiger partial charge in [0.15, 0.2) is 15.3 Å². The molecule has 1 aliphatic rings. The Hall–Kier alpha value is -2.78. The van der Waals surface area contributed by atoms with Gasteiger partial charge < -0.3 is 25.2 Å². The van der Waals surface area contributed by atoms with Gasteiger partial charge in [0.25, 0.3) is 0 Å². The van der Waals surface area contributed by atoms with Crippen molar-refractivity contribution >= 4 is 39.1 Å². The van der Waals surface area contributed by atoms with Crippen LogP contribution in [0.15, 0.2) is 71.6 Å². The first-order chi connectivity index (χ1) is 15.4. The summed E-state index contributed by atoms with van der Waals surface area (Å²) in [7, 11) is -3.70. The van der Waals surface area contributed by atoms with Gasteiger partial charge in [-0.05, 0) is 60.7 Å². The van der Waals surface area contributed by atoms with Crippen LogP contribution >= 0.6 is 11.6 Å². The average Bonchev–Trinajstić information content (AvgIpc) is 2.80. The molecule has 7 nitrogen and oxygen atoms in total. The van der Waals surface area contributed by atoms with Gasteiger partial charge in [-0.1, -0.05) is 21.9 Å². The van der Waals surface area contributed by atoms with Gasteiger partial charge in [-0.3, -0.25) is 0 Å². The number of aromatic hydroxyl groups is 1. The number of phenolic OH excluding ortho intramolecular Hbond substituents is 1. The first-order valence-corrected chi connectivity index (χ1v) is 12.2. The molecule has 1 aliphatic heterocycles. The van der Waals surface area contributed by atoms with Crippen molar-refractivity contribution < 1.29 is 13.9 Å². The van der Waals surface area contributed by atoms with Crippen LogP contribution in [0.5, 0.6) is 5.75 Å². The van der Waals surface area contributed by atoms with E-state index in [2.05, 4.69) is 20.3 Å². The van der Waals surface area contributed by atoms with Gasteiger partial charge in [-0.25, -0.2) is 4.72 Å². The van der Waals surface area contributed by atoms with Crippen molar-refractivity contribution in [2.45, 2.75) is 11.4 Å². The standard InChI is InChI=1S/C23H25ClN4O3S/c24-18-2-1-17(23(29)15-18)16-26-19-5-9-22(10-6-19)32(30,31)27-20-3-7-21(8-4-20)28-13-11-25-12-14-28/h1-10,15,25H,11-14,16H2,(H3-,26,27,29,30,31). The molecular weight excluding hydrogens is 448 g/mol. The molecule has 1 saturated heterocycles. The minimum atomic E-state index is -3.70. The lowest BCUT2D eigenvalue weighted by Gasteiger charge is -2.29. The van der Waals surface area contributed by atoms with E-state index < -0.39 is 10.4 Å². The quantitative estimate of drug-likeness (QED) is 0.387. The molecule has 1 fully saturated rings. The third-order valence-electron chi connectivity index (χ3n) is 5.30. The van der Waals surface area contributed by atoms with Gasteiger partial charge in [0.05, 0.1) is 5.69 Å². The smallest absolute Gasteiger partial charge is 0.180 e. The van der Waals surface area contributed by atoms with Crippen LogP contribution in [0, 0.1) is 0 Å². The highest BCUT2D eigenvalue weighted by Crippen LogP contribution is 2.26. The molecule has 3 aromatic carbocycles. The summed E-state index contributed by atoms with van der Waals surface area (Å²) >= 11 is 5.85. The van der Waals surface area contributed by atoms with Crippen molar-refractivity contribution in [1.82, 2.24) is 5.32 Å². The van der Waals surface area contributed by atoms with Crippen LogP contribution in [-0.2, 0) is 21.2 Å². The van der Waals surface area contributed by atoms with Gasteiger partial charge >= 0.3 is 0 Å². The van der Waals surface area contributed by atoms with Crippen molar-refractivity contribution in [2.24, 2.45) is 0 Å². The van der Waals surface area contributed by atoms with E-state index in [0.717, 1.165) is 37.6 Å². The first kappa shape index (κ1) is 22.4. The summed E-state index contributed by atoms with van der Waals surface area (Å²) in [5, 5.41) is 16.9. The minimum absolute atomic E-state index is 0.108. The summed E-state index contributed by atoms with van der Waals surface area (Å²) in [6, 6.07) is 18.8. The fraction of sp³-hybridized carbons (Fsp3) is 0.217. The van der Waals surface area contributed by atoms with Gasteiger partial charge in [0.2, 0.25) is 0 Å². The van der Waals surface area contributed by atoms with E-state index >= 15 is 0 Å². The Morgan fingerprint density at radius 2 is 1.66 bits per heavy atom. The molecule has 0 saturated carbocycles. The fourth-order valence-corrected chi connectivity index (χ4v) is 4.74. The number of benzene rings is 3. The molecule has 1 unspecified atom stereocenters. The number of rotatable bonds is 7. The van der Waals surface area contributed by atoms with Gasteiger partial charge in [0, 0.05) is 54.7 Å². The molecular formula is C23H25ClN4O3S. The lowest BCUT2D eigenvalue weighted by atomic mass is 10.2. The van der Waals surface area contributed by atoms with Crippen molar-refractivity contribution in [3.05, 3.63) is 77.3 Å².